The normalized spacial score (nSPS) is 17.2. The van der Waals surface area contributed by atoms with Crippen molar-refractivity contribution in [1.82, 2.24) is 9.80 Å². The van der Waals surface area contributed by atoms with Crippen molar-refractivity contribution in [3.8, 4) is 11.5 Å². The van der Waals surface area contributed by atoms with Crippen molar-refractivity contribution in [2.45, 2.75) is 39.0 Å². The highest BCUT2D eigenvalue weighted by atomic mass is 79.9. The van der Waals surface area contributed by atoms with Crippen molar-refractivity contribution in [3.63, 3.8) is 0 Å². The number of thiocarbonyl (C=S) groups is 1. The molecule has 0 aromatic heterocycles. The average Bonchev–Trinajstić information content (AvgIpc) is 3.11. The van der Waals surface area contributed by atoms with Crippen molar-refractivity contribution in [3.05, 3.63) is 27.1 Å². The summed E-state index contributed by atoms with van der Waals surface area (Å²) in [5, 5.41) is 0. The summed E-state index contributed by atoms with van der Waals surface area (Å²) in [6.45, 7) is 4.09. The molecule has 35 heavy (non-hydrogen) atoms. The van der Waals surface area contributed by atoms with E-state index in [0.717, 1.165) is 37.9 Å². The summed E-state index contributed by atoms with van der Waals surface area (Å²) >= 11 is 10.1. The van der Waals surface area contributed by atoms with Crippen LogP contribution in [0.4, 0.5) is 0 Å². The van der Waals surface area contributed by atoms with E-state index >= 15 is 0 Å². The molecule has 2 saturated heterocycles. The number of amides is 2. The zero-order valence-corrected chi connectivity index (χ0v) is 23.1. The lowest BCUT2D eigenvalue weighted by molar-refractivity contribution is -0.141. The van der Waals surface area contributed by atoms with Gasteiger partial charge < -0.3 is 19.1 Å². The second-order valence-electron chi connectivity index (χ2n) is 8.01. The van der Waals surface area contributed by atoms with Gasteiger partial charge in [-0.25, -0.2) is 0 Å². The molecule has 2 aliphatic heterocycles. The van der Waals surface area contributed by atoms with Gasteiger partial charge in [-0.1, -0.05) is 24.0 Å². The molecule has 2 heterocycles. The fourth-order valence-corrected chi connectivity index (χ4v) is 5.65. The fraction of sp³-hybridized carbons (Fsp3) is 0.500. The zero-order valence-electron chi connectivity index (χ0n) is 19.8. The lowest BCUT2D eigenvalue weighted by Crippen LogP contribution is -2.38. The summed E-state index contributed by atoms with van der Waals surface area (Å²) in [4.78, 5) is 40.6. The number of carbonyl (C=O) groups excluding carboxylic acids is 3. The van der Waals surface area contributed by atoms with Gasteiger partial charge in [0.2, 0.25) is 0 Å². The molecule has 2 fully saturated rings. The Hall–Kier alpha value is -2.11. The molecule has 0 atom stereocenters. The predicted molar refractivity (Wildman–Crippen MR) is 142 cm³/mol. The minimum absolute atomic E-state index is 0.0426. The van der Waals surface area contributed by atoms with Crippen LogP contribution in [0.2, 0.25) is 0 Å². The van der Waals surface area contributed by atoms with Crippen LogP contribution in [0.5, 0.6) is 11.5 Å². The third-order valence-corrected chi connectivity index (χ3v) is 7.51. The standard InChI is InChI=1S/C24H29BrN2O6S2/c1-3-32-18-13-16(12-17(25)22(18)33-15-20(28)26-9-5-4-6-10-26)14-19-23(30)27(24(34)35-19)11-7-8-21(29)31-2/h12-14H,3-11,15H2,1-2H3/b19-14+. The number of benzene rings is 1. The second kappa shape index (κ2) is 13.3. The van der Waals surface area contributed by atoms with Crippen molar-refractivity contribution >= 4 is 68.1 Å². The van der Waals surface area contributed by atoms with Crippen molar-refractivity contribution in [2.75, 3.05) is 40.0 Å². The van der Waals surface area contributed by atoms with E-state index in [0.29, 0.717) is 44.8 Å². The molecule has 0 unspecified atom stereocenters. The Balaban J connectivity index is 1.71. The molecule has 2 amide bonds. The van der Waals surface area contributed by atoms with Crippen LogP contribution in [-0.4, -0.2) is 71.9 Å². The molecular weight excluding hydrogens is 556 g/mol. The van der Waals surface area contributed by atoms with Crippen LogP contribution in [-0.2, 0) is 19.1 Å². The van der Waals surface area contributed by atoms with Gasteiger partial charge in [0.15, 0.2) is 18.1 Å². The number of methoxy groups -OCH3 is 1. The molecule has 2 aliphatic rings. The maximum atomic E-state index is 12.9. The SMILES string of the molecule is CCOc1cc(/C=C2/SC(=S)N(CCCC(=O)OC)C2=O)cc(Br)c1OCC(=O)N1CCCCC1. The molecule has 0 radical (unpaired) electrons. The van der Waals surface area contributed by atoms with Gasteiger partial charge >= 0.3 is 5.97 Å². The summed E-state index contributed by atoms with van der Waals surface area (Å²) in [6.07, 6.45) is 5.62. The first-order valence-electron chi connectivity index (χ1n) is 11.5. The van der Waals surface area contributed by atoms with Crippen LogP contribution in [0.15, 0.2) is 21.5 Å². The Bertz CT molecular complexity index is 1010. The topological polar surface area (TPSA) is 85.4 Å². The number of ether oxygens (including phenoxy) is 3. The highest BCUT2D eigenvalue weighted by molar-refractivity contribution is 9.10. The first kappa shape index (κ1) is 27.5. The Morgan fingerprint density at radius 1 is 1.20 bits per heavy atom. The number of carbonyl (C=O) groups is 3. The third kappa shape index (κ3) is 7.44. The van der Waals surface area contributed by atoms with Crippen molar-refractivity contribution in [1.29, 1.82) is 0 Å². The van der Waals surface area contributed by atoms with Crippen LogP contribution >= 0.6 is 39.9 Å². The van der Waals surface area contributed by atoms with E-state index in [9.17, 15) is 14.4 Å². The maximum Gasteiger partial charge on any atom is 0.305 e. The first-order valence-corrected chi connectivity index (χ1v) is 13.5. The molecule has 0 saturated carbocycles. The Kier molecular flexibility index (Phi) is 10.4. The van der Waals surface area contributed by atoms with Crippen LogP contribution in [0.3, 0.4) is 0 Å². The van der Waals surface area contributed by atoms with Gasteiger partial charge in [0, 0.05) is 26.1 Å². The van der Waals surface area contributed by atoms with Crippen LogP contribution < -0.4 is 9.47 Å². The predicted octanol–water partition coefficient (Wildman–Crippen LogP) is 4.39. The Morgan fingerprint density at radius 3 is 2.63 bits per heavy atom. The number of rotatable bonds is 10. The average molecular weight is 586 g/mol. The van der Waals surface area contributed by atoms with E-state index in [1.807, 2.05) is 17.9 Å². The van der Waals surface area contributed by atoms with Gasteiger partial charge in [0.1, 0.15) is 4.32 Å². The first-order chi connectivity index (χ1) is 16.8. The fourth-order valence-electron chi connectivity index (χ4n) is 3.77. The number of piperidine rings is 1. The van der Waals surface area contributed by atoms with Gasteiger partial charge in [0.25, 0.3) is 11.8 Å². The lowest BCUT2D eigenvalue weighted by Gasteiger charge is -2.26. The van der Waals surface area contributed by atoms with Gasteiger partial charge in [-0.15, -0.1) is 0 Å². The van der Waals surface area contributed by atoms with E-state index in [2.05, 4.69) is 20.7 Å². The van der Waals surface area contributed by atoms with Gasteiger partial charge in [-0.05, 0) is 72.3 Å². The molecule has 3 rings (SSSR count). The molecule has 11 heteroatoms. The highest BCUT2D eigenvalue weighted by Crippen LogP contribution is 2.39. The van der Waals surface area contributed by atoms with Gasteiger partial charge in [-0.2, -0.15) is 0 Å². The summed E-state index contributed by atoms with van der Waals surface area (Å²) < 4.78 is 17.4. The lowest BCUT2D eigenvalue weighted by atomic mass is 10.1. The number of hydrogen-bond acceptors (Lipinski definition) is 8. The van der Waals surface area contributed by atoms with E-state index in [4.69, 9.17) is 21.7 Å². The van der Waals surface area contributed by atoms with Crippen molar-refractivity contribution < 1.29 is 28.6 Å². The molecule has 0 spiro atoms. The largest absolute Gasteiger partial charge is 0.490 e. The third-order valence-electron chi connectivity index (χ3n) is 5.54. The molecule has 0 aliphatic carbocycles. The number of hydrogen-bond donors (Lipinski definition) is 0. The summed E-state index contributed by atoms with van der Waals surface area (Å²) in [5.74, 6) is 0.363. The number of esters is 1. The number of likely N-dealkylation sites (tertiary alicyclic amines) is 1. The molecule has 1 aromatic carbocycles. The van der Waals surface area contributed by atoms with E-state index in [-0.39, 0.29) is 30.8 Å². The zero-order chi connectivity index (χ0) is 25.4. The van der Waals surface area contributed by atoms with Crippen molar-refractivity contribution in [2.24, 2.45) is 0 Å². The summed E-state index contributed by atoms with van der Waals surface area (Å²) in [5.41, 5.74) is 0.727. The molecule has 0 bridgehead atoms. The smallest absolute Gasteiger partial charge is 0.305 e. The van der Waals surface area contributed by atoms with Gasteiger partial charge in [-0.3, -0.25) is 19.3 Å². The van der Waals surface area contributed by atoms with Crippen LogP contribution in [0, 0.1) is 0 Å². The van der Waals surface area contributed by atoms with Crippen LogP contribution in [0.1, 0.15) is 44.6 Å². The van der Waals surface area contributed by atoms with Crippen LogP contribution in [0.25, 0.3) is 6.08 Å². The molecule has 0 N–H and O–H groups in total. The minimum Gasteiger partial charge on any atom is -0.490 e. The summed E-state index contributed by atoms with van der Waals surface area (Å²) in [6, 6.07) is 3.59. The minimum atomic E-state index is -0.320. The van der Waals surface area contributed by atoms with Gasteiger partial charge in [0.05, 0.1) is 23.1 Å². The quantitative estimate of drug-likeness (QED) is 0.227. The molecule has 8 nitrogen and oxygen atoms in total. The molecular formula is C24H29BrN2O6S2. The number of halogens is 1. The monoisotopic (exact) mass is 584 g/mol. The maximum absolute atomic E-state index is 12.9. The molecule has 190 valence electrons. The van der Waals surface area contributed by atoms with E-state index in [1.54, 1.807) is 12.1 Å². The number of nitrogens with zero attached hydrogens (tertiary/aromatic N) is 2. The summed E-state index contributed by atoms with van der Waals surface area (Å²) in [7, 11) is 1.34. The highest BCUT2D eigenvalue weighted by Gasteiger charge is 2.32. The molecule has 1 aromatic rings. The Labute approximate surface area is 223 Å². The second-order valence-corrected chi connectivity index (χ2v) is 10.5. The Morgan fingerprint density at radius 2 is 1.94 bits per heavy atom. The number of thioether (sulfide) groups is 1. The van der Waals surface area contributed by atoms with E-state index < -0.39 is 0 Å². The van der Waals surface area contributed by atoms with E-state index in [1.165, 1.54) is 23.8 Å².